The average Bonchev–Trinajstić information content (AvgIpc) is 2.39. The van der Waals surface area contributed by atoms with Crippen LogP contribution in [0.1, 0.15) is 28.8 Å². The lowest BCUT2D eigenvalue weighted by atomic mass is 10.1. The number of hydrogen-bond acceptors (Lipinski definition) is 3. The number of carbonyl (C=O) groups is 1. The van der Waals surface area contributed by atoms with E-state index in [4.69, 9.17) is 5.73 Å². The molecule has 0 atom stereocenters. The number of anilines is 1. The fourth-order valence-corrected chi connectivity index (χ4v) is 3.14. The van der Waals surface area contributed by atoms with Gasteiger partial charge in [0, 0.05) is 11.7 Å². The van der Waals surface area contributed by atoms with E-state index >= 15 is 0 Å². The number of halogens is 3. The van der Waals surface area contributed by atoms with Crippen molar-refractivity contribution in [3.63, 3.8) is 0 Å². The van der Waals surface area contributed by atoms with Crippen molar-refractivity contribution < 1.29 is 18.0 Å². The van der Waals surface area contributed by atoms with E-state index in [1.165, 1.54) is 0 Å². The summed E-state index contributed by atoms with van der Waals surface area (Å²) in [7, 11) is 0. The van der Waals surface area contributed by atoms with Gasteiger partial charge in [-0.05, 0) is 42.5 Å². The van der Waals surface area contributed by atoms with Crippen molar-refractivity contribution in [1.29, 1.82) is 0 Å². The van der Waals surface area contributed by atoms with Gasteiger partial charge >= 0.3 is 6.18 Å². The molecule has 1 aliphatic heterocycles. The van der Waals surface area contributed by atoms with E-state index in [2.05, 4.69) is 5.32 Å². The van der Waals surface area contributed by atoms with Crippen LogP contribution in [0.25, 0.3) is 0 Å². The molecule has 1 fully saturated rings. The first kappa shape index (κ1) is 15.0. The van der Waals surface area contributed by atoms with E-state index in [0.717, 1.165) is 42.5 Å². The normalized spacial score (nSPS) is 16.9. The third-order valence-corrected chi connectivity index (χ3v) is 4.23. The molecule has 1 aromatic carbocycles. The molecule has 0 aromatic heterocycles. The van der Waals surface area contributed by atoms with Crippen LogP contribution in [0.15, 0.2) is 18.2 Å². The summed E-state index contributed by atoms with van der Waals surface area (Å²) in [4.78, 5) is 12.0. The van der Waals surface area contributed by atoms with Crippen LogP contribution in [-0.2, 0) is 6.18 Å². The van der Waals surface area contributed by atoms with Gasteiger partial charge in [0.05, 0.1) is 11.1 Å². The number of thioether (sulfide) groups is 1. The monoisotopic (exact) mass is 304 g/mol. The molecule has 1 saturated heterocycles. The number of nitrogen functional groups attached to an aromatic ring is 1. The summed E-state index contributed by atoms with van der Waals surface area (Å²) < 4.78 is 37.9. The van der Waals surface area contributed by atoms with Gasteiger partial charge in [0.25, 0.3) is 5.91 Å². The molecule has 0 spiro atoms. The van der Waals surface area contributed by atoms with E-state index in [9.17, 15) is 18.0 Å². The topological polar surface area (TPSA) is 55.1 Å². The summed E-state index contributed by atoms with van der Waals surface area (Å²) in [5.41, 5.74) is 4.68. The van der Waals surface area contributed by atoms with Crippen molar-refractivity contribution in [3.05, 3.63) is 29.3 Å². The highest BCUT2D eigenvalue weighted by Gasteiger charge is 2.31. The van der Waals surface area contributed by atoms with E-state index < -0.39 is 17.6 Å². The van der Waals surface area contributed by atoms with Crippen LogP contribution >= 0.6 is 11.8 Å². The molecule has 7 heteroatoms. The zero-order valence-electron chi connectivity index (χ0n) is 10.7. The molecular weight excluding hydrogens is 289 g/mol. The Morgan fingerprint density at radius 1 is 1.30 bits per heavy atom. The van der Waals surface area contributed by atoms with Gasteiger partial charge in [-0.1, -0.05) is 0 Å². The van der Waals surface area contributed by atoms with Crippen LogP contribution < -0.4 is 11.1 Å². The molecule has 1 heterocycles. The summed E-state index contributed by atoms with van der Waals surface area (Å²) >= 11 is 1.81. The number of rotatable bonds is 2. The molecule has 0 saturated carbocycles. The molecule has 0 bridgehead atoms. The fraction of sp³-hybridized carbons (Fsp3) is 0.462. The first-order chi connectivity index (χ1) is 9.38. The van der Waals surface area contributed by atoms with Crippen LogP contribution in [0.3, 0.4) is 0 Å². The Balaban J connectivity index is 2.16. The number of amides is 1. The second-order valence-electron chi connectivity index (χ2n) is 4.66. The van der Waals surface area contributed by atoms with Crippen LogP contribution in [0.4, 0.5) is 18.9 Å². The van der Waals surface area contributed by atoms with Gasteiger partial charge in [-0.15, -0.1) is 0 Å². The van der Waals surface area contributed by atoms with Crippen LogP contribution in [0, 0.1) is 0 Å². The lowest BCUT2D eigenvalue weighted by Crippen LogP contribution is -2.37. The third-order valence-electron chi connectivity index (χ3n) is 3.18. The Morgan fingerprint density at radius 2 is 1.95 bits per heavy atom. The predicted molar refractivity (Wildman–Crippen MR) is 73.7 cm³/mol. The van der Waals surface area contributed by atoms with Gasteiger partial charge in [-0.25, -0.2) is 0 Å². The van der Waals surface area contributed by atoms with E-state index in [1.807, 2.05) is 0 Å². The zero-order chi connectivity index (χ0) is 14.8. The number of nitrogens with one attached hydrogen (secondary N) is 1. The molecule has 1 aromatic rings. The zero-order valence-corrected chi connectivity index (χ0v) is 11.5. The quantitative estimate of drug-likeness (QED) is 0.826. The molecule has 0 radical (unpaired) electrons. The Kier molecular flexibility index (Phi) is 4.47. The summed E-state index contributed by atoms with van der Waals surface area (Å²) in [6.45, 7) is 0. The lowest BCUT2D eigenvalue weighted by Gasteiger charge is -2.23. The molecule has 20 heavy (non-hydrogen) atoms. The lowest BCUT2D eigenvalue weighted by molar-refractivity contribution is -0.137. The second kappa shape index (κ2) is 5.95. The Labute approximate surface area is 119 Å². The Bertz CT molecular complexity index is 499. The third kappa shape index (κ3) is 3.59. The number of carbonyl (C=O) groups excluding carboxylic acids is 1. The van der Waals surface area contributed by atoms with Crippen LogP contribution in [-0.4, -0.2) is 23.5 Å². The molecular formula is C13H15F3N2OS. The molecule has 1 amide bonds. The van der Waals surface area contributed by atoms with Crippen molar-refractivity contribution in [2.45, 2.75) is 25.1 Å². The maximum Gasteiger partial charge on any atom is 0.416 e. The van der Waals surface area contributed by atoms with Crippen molar-refractivity contribution >= 4 is 23.4 Å². The summed E-state index contributed by atoms with van der Waals surface area (Å²) in [6, 6.07) is 2.82. The number of nitrogens with two attached hydrogens (primary N) is 1. The van der Waals surface area contributed by atoms with Crippen molar-refractivity contribution in [2.75, 3.05) is 17.2 Å². The van der Waals surface area contributed by atoms with E-state index in [0.29, 0.717) is 0 Å². The van der Waals surface area contributed by atoms with E-state index in [1.54, 1.807) is 11.8 Å². The Morgan fingerprint density at radius 3 is 2.55 bits per heavy atom. The summed E-state index contributed by atoms with van der Waals surface area (Å²) in [5, 5.41) is 2.76. The molecule has 110 valence electrons. The van der Waals surface area contributed by atoms with Crippen LogP contribution in [0.2, 0.25) is 0 Å². The average molecular weight is 304 g/mol. The molecule has 3 nitrogen and oxygen atoms in total. The largest absolute Gasteiger partial charge is 0.416 e. The van der Waals surface area contributed by atoms with Crippen molar-refractivity contribution in [1.82, 2.24) is 5.32 Å². The maximum absolute atomic E-state index is 12.6. The van der Waals surface area contributed by atoms with Gasteiger partial charge in [0.2, 0.25) is 0 Å². The smallest absolute Gasteiger partial charge is 0.398 e. The van der Waals surface area contributed by atoms with Gasteiger partial charge in [-0.3, -0.25) is 4.79 Å². The van der Waals surface area contributed by atoms with Gasteiger partial charge in [-0.2, -0.15) is 24.9 Å². The van der Waals surface area contributed by atoms with E-state index in [-0.39, 0.29) is 17.3 Å². The van der Waals surface area contributed by atoms with Gasteiger partial charge < -0.3 is 11.1 Å². The summed E-state index contributed by atoms with van der Waals surface area (Å²) in [5.74, 6) is 1.36. The maximum atomic E-state index is 12.6. The fourth-order valence-electron chi connectivity index (χ4n) is 2.03. The highest BCUT2D eigenvalue weighted by Crippen LogP contribution is 2.31. The van der Waals surface area contributed by atoms with Crippen molar-refractivity contribution in [2.24, 2.45) is 0 Å². The standard InChI is InChI=1S/C13H15F3N2OS/c14-13(15,16)8-1-2-11(17)10(7-8)12(19)18-9-3-5-20-6-4-9/h1-2,7,9H,3-6,17H2,(H,18,19). The van der Waals surface area contributed by atoms with Gasteiger partial charge in [0.15, 0.2) is 0 Å². The number of benzene rings is 1. The minimum atomic E-state index is -4.48. The highest BCUT2D eigenvalue weighted by molar-refractivity contribution is 7.99. The highest BCUT2D eigenvalue weighted by atomic mass is 32.2. The SMILES string of the molecule is Nc1ccc(C(F)(F)F)cc1C(=O)NC1CCSCC1. The molecule has 0 unspecified atom stereocenters. The first-order valence-corrected chi connectivity index (χ1v) is 7.39. The second-order valence-corrected chi connectivity index (χ2v) is 5.88. The minimum absolute atomic E-state index is 0.0118. The van der Waals surface area contributed by atoms with Gasteiger partial charge in [0.1, 0.15) is 0 Å². The molecule has 2 rings (SSSR count). The van der Waals surface area contributed by atoms with Crippen molar-refractivity contribution in [3.8, 4) is 0 Å². The number of hydrogen-bond donors (Lipinski definition) is 2. The number of alkyl halides is 3. The molecule has 3 N–H and O–H groups in total. The summed E-state index contributed by atoms with van der Waals surface area (Å²) in [6.07, 6.45) is -2.82. The predicted octanol–water partition coefficient (Wildman–Crippen LogP) is 2.91. The minimum Gasteiger partial charge on any atom is -0.398 e. The molecule has 1 aliphatic rings. The Hall–Kier alpha value is -1.37. The van der Waals surface area contributed by atoms with Crippen LogP contribution in [0.5, 0.6) is 0 Å². The first-order valence-electron chi connectivity index (χ1n) is 6.23. The molecule has 0 aliphatic carbocycles.